The zero-order chi connectivity index (χ0) is 13.6. The van der Waals surface area contributed by atoms with Crippen molar-refractivity contribution < 1.29 is 14.4 Å². The van der Waals surface area contributed by atoms with E-state index in [1.165, 1.54) is 11.3 Å². The highest BCUT2D eigenvalue weighted by molar-refractivity contribution is 7.14. The fourth-order valence-corrected chi connectivity index (χ4v) is 3.58. The Balaban J connectivity index is 1.86. The highest BCUT2D eigenvalue weighted by Crippen LogP contribution is 2.35. The smallest absolute Gasteiger partial charge is 0.256 e. The van der Waals surface area contributed by atoms with Crippen molar-refractivity contribution in [2.24, 2.45) is 0 Å². The van der Waals surface area contributed by atoms with Crippen molar-refractivity contribution in [3.63, 3.8) is 0 Å². The van der Waals surface area contributed by atoms with Gasteiger partial charge in [0.05, 0.1) is 29.6 Å². The quantitative estimate of drug-likeness (QED) is 0.621. The fraction of sp³-hybridized carbons (Fsp3) is 0.462. The Labute approximate surface area is 114 Å². The van der Waals surface area contributed by atoms with E-state index in [-0.39, 0.29) is 23.9 Å². The van der Waals surface area contributed by atoms with Crippen LogP contribution in [0.4, 0.5) is 5.00 Å². The molecule has 1 atom stereocenters. The Morgan fingerprint density at radius 3 is 2.84 bits per heavy atom. The summed E-state index contributed by atoms with van der Waals surface area (Å²) in [6.45, 7) is 0.397. The Morgan fingerprint density at radius 1 is 1.32 bits per heavy atom. The van der Waals surface area contributed by atoms with Gasteiger partial charge < -0.3 is 10.6 Å². The van der Waals surface area contributed by atoms with Gasteiger partial charge in [0.2, 0.25) is 0 Å². The second-order valence-electron chi connectivity index (χ2n) is 5.02. The van der Waals surface area contributed by atoms with Crippen LogP contribution in [-0.2, 0) is 16.1 Å². The van der Waals surface area contributed by atoms with Crippen LogP contribution in [0.5, 0.6) is 0 Å². The normalized spacial score (nSPS) is 23.7. The van der Waals surface area contributed by atoms with Crippen LogP contribution < -0.4 is 5.73 Å². The Kier molecular flexibility index (Phi) is 2.89. The van der Waals surface area contributed by atoms with E-state index in [0.717, 1.165) is 5.56 Å². The lowest BCUT2D eigenvalue weighted by Gasteiger charge is -2.25. The summed E-state index contributed by atoms with van der Waals surface area (Å²) in [5.74, 6) is -0.285. The number of nitrogens with two attached hydrogens (primary N) is 1. The molecule has 19 heavy (non-hydrogen) atoms. The van der Waals surface area contributed by atoms with Gasteiger partial charge in [-0.1, -0.05) is 0 Å². The van der Waals surface area contributed by atoms with Crippen LogP contribution in [0.2, 0.25) is 0 Å². The molecule has 0 saturated heterocycles. The van der Waals surface area contributed by atoms with Crippen molar-refractivity contribution in [2.45, 2.75) is 38.3 Å². The van der Waals surface area contributed by atoms with Crippen LogP contribution in [0.3, 0.4) is 0 Å². The molecule has 100 valence electrons. The zero-order valence-corrected chi connectivity index (χ0v) is 11.2. The van der Waals surface area contributed by atoms with Crippen molar-refractivity contribution in [2.75, 3.05) is 5.73 Å². The van der Waals surface area contributed by atoms with Crippen LogP contribution in [0, 0.1) is 0 Å². The highest BCUT2D eigenvalue weighted by Gasteiger charge is 2.39. The summed E-state index contributed by atoms with van der Waals surface area (Å²) >= 11 is 1.36. The molecular weight excluding hydrogens is 264 g/mol. The molecule has 2 aliphatic rings. The number of nitrogens with zero attached hydrogens (tertiary/aromatic N) is 1. The number of Topliss-reactive ketones (excluding diaryl/α,β-unsaturated/α-hetero) is 2. The van der Waals surface area contributed by atoms with Crippen LogP contribution in [0.25, 0.3) is 0 Å². The minimum absolute atomic E-state index is 0.0205. The molecule has 1 saturated carbocycles. The third kappa shape index (κ3) is 1.96. The van der Waals surface area contributed by atoms with E-state index >= 15 is 0 Å². The number of ketones is 2. The molecule has 1 aromatic heterocycles. The monoisotopic (exact) mass is 278 g/mol. The van der Waals surface area contributed by atoms with Crippen molar-refractivity contribution >= 4 is 33.8 Å². The number of anilines is 1. The van der Waals surface area contributed by atoms with E-state index in [9.17, 15) is 14.4 Å². The predicted octanol–water partition coefficient (Wildman–Crippen LogP) is 1.37. The third-order valence-electron chi connectivity index (χ3n) is 3.80. The lowest BCUT2D eigenvalue weighted by atomic mass is 10.1. The van der Waals surface area contributed by atoms with E-state index in [4.69, 9.17) is 5.73 Å². The maximum Gasteiger partial charge on any atom is 0.256 e. The van der Waals surface area contributed by atoms with Gasteiger partial charge in [-0.3, -0.25) is 14.4 Å². The second-order valence-corrected chi connectivity index (χ2v) is 5.93. The molecule has 3 rings (SSSR count). The molecule has 0 unspecified atom stereocenters. The number of thiophene rings is 1. The molecular formula is C13H14N2O3S. The topological polar surface area (TPSA) is 80.5 Å². The first kappa shape index (κ1) is 12.3. The summed E-state index contributed by atoms with van der Waals surface area (Å²) in [6, 6.07) is -0.462. The van der Waals surface area contributed by atoms with E-state index in [1.807, 2.05) is 0 Å². The average molecular weight is 278 g/mol. The van der Waals surface area contributed by atoms with Crippen molar-refractivity contribution in [1.82, 2.24) is 4.90 Å². The first-order valence-electron chi connectivity index (χ1n) is 6.29. The number of rotatable bonds is 1. The molecule has 1 amide bonds. The van der Waals surface area contributed by atoms with Gasteiger partial charge in [0.25, 0.3) is 5.91 Å². The minimum Gasteiger partial charge on any atom is -0.390 e. The fourth-order valence-electron chi connectivity index (χ4n) is 2.77. The summed E-state index contributed by atoms with van der Waals surface area (Å²) in [5, 5.41) is 2.39. The zero-order valence-electron chi connectivity index (χ0n) is 10.3. The minimum atomic E-state index is -0.462. The van der Waals surface area contributed by atoms with Crippen molar-refractivity contribution in [3.05, 3.63) is 16.5 Å². The molecule has 1 aliphatic carbocycles. The predicted molar refractivity (Wildman–Crippen MR) is 70.9 cm³/mol. The molecule has 1 fully saturated rings. The summed E-state index contributed by atoms with van der Waals surface area (Å²) in [4.78, 5) is 37.4. The lowest BCUT2D eigenvalue weighted by Crippen LogP contribution is -2.41. The number of hydrogen-bond acceptors (Lipinski definition) is 5. The standard InChI is InChI=1S/C13H14N2O3S/c14-12-8-5-15(13(18)9(8)6-19-12)10-3-1-2-7(16)4-11(10)17/h6,10H,1-5,14H2/t10-/m0/s1. The van der Waals surface area contributed by atoms with Crippen LogP contribution in [0.1, 0.15) is 41.6 Å². The van der Waals surface area contributed by atoms with E-state index in [1.54, 1.807) is 10.3 Å². The molecule has 0 spiro atoms. The summed E-state index contributed by atoms with van der Waals surface area (Å²) in [7, 11) is 0. The molecule has 1 aromatic rings. The number of carbonyl (C=O) groups excluding carboxylic acids is 3. The summed E-state index contributed by atoms with van der Waals surface area (Å²) < 4.78 is 0. The SMILES string of the molecule is Nc1scc2c1CN([C@H]1CCCC(=O)CC1=O)C2=O. The van der Waals surface area contributed by atoms with Gasteiger partial charge in [0, 0.05) is 17.4 Å². The van der Waals surface area contributed by atoms with Crippen LogP contribution >= 0.6 is 11.3 Å². The van der Waals surface area contributed by atoms with Gasteiger partial charge >= 0.3 is 0 Å². The summed E-state index contributed by atoms with van der Waals surface area (Å²) in [6.07, 6.45) is 1.63. The number of carbonyl (C=O) groups is 3. The maximum absolute atomic E-state index is 12.3. The molecule has 1 aliphatic heterocycles. The van der Waals surface area contributed by atoms with Gasteiger partial charge in [0.1, 0.15) is 5.78 Å². The second kappa shape index (κ2) is 4.45. The molecule has 6 heteroatoms. The molecule has 0 radical (unpaired) electrons. The molecule has 0 aromatic carbocycles. The Bertz CT molecular complexity index is 578. The van der Waals surface area contributed by atoms with E-state index in [2.05, 4.69) is 0 Å². The average Bonchev–Trinajstić information content (AvgIpc) is 2.81. The number of amides is 1. The van der Waals surface area contributed by atoms with Crippen molar-refractivity contribution in [1.29, 1.82) is 0 Å². The molecule has 2 heterocycles. The third-order valence-corrected chi connectivity index (χ3v) is 4.65. The largest absolute Gasteiger partial charge is 0.390 e. The molecule has 2 N–H and O–H groups in total. The van der Waals surface area contributed by atoms with Crippen molar-refractivity contribution in [3.8, 4) is 0 Å². The maximum atomic E-state index is 12.3. The number of fused-ring (bicyclic) bond motifs is 1. The van der Waals surface area contributed by atoms with Gasteiger partial charge in [-0.25, -0.2) is 0 Å². The van der Waals surface area contributed by atoms with Gasteiger partial charge in [-0.15, -0.1) is 11.3 Å². The molecule has 0 bridgehead atoms. The summed E-state index contributed by atoms with van der Waals surface area (Å²) in [5.41, 5.74) is 7.28. The van der Waals surface area contributed by atoms with Gasteiger partial charge in [-0.2, -0.15) is 0 Å². The van der Waals surface area contributed by atoms with Gasteiger partial charge in [0.15, 0.2) is 5.78 Å². The first-order valence-corrected chi connectivity index (χ1v) is 7.17. The first-order chi connectivity index (χ1) is 9.08. The number of hydrogen-bond donors (Lipinski definition) is 1. The molecule has 5 nitrogen and oxygen atoms in total. The number of nitrogen functional groups attached to an aromatic ring is 1. The Morgan fingerprint density at radius 2 is 2.11 bits per heavy atom. The van der Waals surface area contributed by atoms with E-state index in [0.29, 0.717) is 36.4 Å². The van der Waals surface area contributed by atoms with Crippen LogP contribution in [0.15, 0.2) is 5.38 Å². The highest BCUT2D eigenvalue weighted by atomic mass is 32.1. The lowest BCUT2D eigenvalue weighted by molar-refractivity contribution is -0.128. The Hall–Kier alpha value is -1.69. The van der Waals surface area contributed by atoms with Crippen LogP contribution in [-0.4, -0.2) is 28.4 Å². The van der Waals surface area contributed by atoms with E-state index < -0.39 is 6.04 Å². The van der Waals surface area contributed by atoms with Gasteiger partial charge in [-0.05, 0) is 12.8 Å².